The molecule has 0 spiro atoms. The molecule has 1 N–H and O–H groups in total. The zero-order valence-electron chi connectivity index (χ0n) is 7.00. The fourth-order valence-electron chi connectivity index (χ4n) is 1.90. The molecule has 1 aromatic rings. The maximum absolute atomic E-state index is 11.4. The van der Waals surface area contributed by atoms with Gasteiger partial charge < -0.3 is 4.98 Å². The molecule has 1 aromatic heterocycles. The maximum atomic E-state index is 11.4. The second-order valence-electron chi connectivity index (χ2n) is 3.28. The van der Waals surface area contributed by atoms with Gasteiger partial charge in [-0.1, -0.05) is 0 Å². The standard InChI is InChI=1S/C10H8N2O/c13-8-2-1-7-9-6(3-4-11-7)5-12-10(8)9/h1-2,5,12H,3-4H2. The number of ketones is 1. The number of carbonyl (C=O) groups excluding carboxylic acids is 1. The summed E-state index contributed by atoms with van der Waals surface area (Å²) in [6.45, 7) is 0.832. The van der Waals surface area contributed by atoms with Gasteiger partial charge in [-0.15, -0.1) is 0 Å². The zero-order chi connectivity index (χ0) is 8.84. The van der Waals surface area contributed by atoms with Crippen molar-refractivity contribution < 1.29 is 4.79 Å². The van der Waals surface area contributed by atoms with Crippen molar-refractivity contribution in [3.8, 4) is 0 Å². The van der Waals surface area contributed by atoms with Crippen LogP contribution in [0.4, 0.5) is 0 Å². The second-order valence-corrected chi connectivity index (χ2v) is 3.28. The van der Waals surface area contributed by atoms with Gasteiger partial charge in [-0.3, -0.25) is 9.79 Å². The Morgan fingerprint density at radius 1 is 1.38 bits per heavy atom. The summed E-state index contributed by atoms with van der Waals surface area (Å²) in [6.07, 6.45) is 6.24. The Bertz CT molecular complexity index is 451. The van der Waals surface area contributed by atoms with Gasteiger partial charge in [0.05, 0.1) is 11.4 Å². The molecular formula is C10H8N2O. The van der Waals surface area contributed by atoms with Crippen molar-refractivity contribution in [3.63, 3.8) is 0 Å². The molecular weight excluding hydrogens is 164 g/mol. The van der Waals surface area contributed by atoms with E-state index in [2.05, 4.69) is 9.98 Å². The lowest BCUT2D eigenvalue weighted by Crippen LogP contribution is -2.16. The molecule has 0 saturated heterocycles. The van der Waals surface area contributed by atoms with Crippen LogP contribution >= 0.6 is 0 Å². The molecule has 3 rings (SSSR count). The molecule has 3 heteroatoms. The third-order valence-corrected chi connectivity index (χ3v) is 2.52. The minimum atomic E-state index is 0.0575. The molecule has 64 valence electrons. The number of aromatic nitrogens is 1. The first-order valence-electron chi connectivity index (χ1n) is 4.34. The first-order chi connectivity index (χ1) is 6.36. The molecule has 13 heavy (non-hydrogen) atoms. The molecule has 2 aliphatic rings. The highest BCUT2D eigenvalue weighted by atomic mass is 16.1. The topological polar surface area (TPSA) is 45.2 Å². The van der Waals surface area contributed by atoms with Gasteiger partial charge in [0.25, 0.3) is 0 Å². The molecule has 0 aromatic carbocycles. The minimum absolute atomic E-state index is 0.0575. The highest BCUT2D eigenvalue weighted by Crippen LogP contribution is 2.24. The first kappa shape index (κ1) is 6.83. The van der Waals surface area contributed by atoms with Crippen LogP contribution in [0.1, 0.15) is 21.6 Å². The van der Waals surface area contributed by atoms with E-state index in [0.717, 1.165) is 24.2 Å². The number of hydrogen-bond acceptors (Lipinski definition) is 2. The SMILES string of the molecule is O=C1C=CC2=NCCc3c[nH]c1c32. The molecule has 0 bridgehead atoms. The van der Waals surface area contributed by atoms with Crippen LogP contribution < -0.4 is 0 Å². The van der Waals surface area contributed by atoms with E-state index in [1.165, 1.54) is 5.56 Å². The number of carbonyl (C=O) groups is 1. The summed E-state index contributed by atoms with van der Waals surface area (Å²) >= 11 is 0. The van der Waals surface area contributed by atoms with Crippen molar-refractivity contribution in [1.29, 1.82) is 0 Å². The number of nitrogens with zero attached hydrogens (tertiary/aromatic N) is 1. The Hall–Kier alpha value is -1.64. The van der Waals surface area contributed by atoms with Gasteiger partial charge in [0.2, 0.25) is 5.78 Å². The first-order valence-corrected chi connectivity index (χ1v) is 4.34. The zero-order valence-corrected chi connectivity index (χ0v) is 7.00. The maximum Gasteiger partial charge on any atom is 0.202 e. The van der Waals surface area contributed by atoms with Crippen LogP contribution in [0.5, 0.6) is 0 Å². The van der Waals surface area contributed by atoms with E-state index < -0.39 is 0 Å². The number of allylic oxidation sites excluding steroid dienone is 2. The minimum Gasteiger partial charge on any atom is -0.358 e. The van der Waals surface area contributed by atoms with E-state index in [-0.39, 0.29) is 5.78 Å². The third-order valence-electron chi connectivity index (χ3n) is 2.52. The number of hydrogen-bond donors (Lipinski definition) is 1. The lowest BCUT2D eigenvalue weighted by atomic mass is 9.94. The average molecular weight is 172 g/mol. The molecule has 2 heterocycles. The van der Waals surface area contributed by atoms with Gasteiger partial charge in [0.15, 0.2) is 0 Å². The summed E-state index contributed by atoms with van der Waals surface area (Å²) in [5.41, 5.74) is 3.91. The van der Waals surface area contributed by atoms with E-state index in [4.69, 9.17) is 0 Å². The number of aliphatic imine (C=N–C) groups is 1. The normalized spacial score (nSPS) is 18.5. The van der Waals surface area contributed by atoms with Crippen LogP contribution in [0.25, 0.3) is 0 Å². The van der Waals surface area contributed by atoms with Crippen LogP contribution in [0.2, 0.25) is 0 Å². The van der Waals surface area contributed by atoms with Gasteiger partial charge in [-0.2, -0.15) is 0 Å². The fraction of sp³-hybridized carbons (Fsp3) is 0.200. The van der Waals surface area contributed by atoms with Crippen molar-refractivity contribution in [3.05, 3.63) is 35.2 Å². The summed E-state index contributed by atoms with van der Waals surface area (Å²) in [5.74, 6) is 0.0575. The summed E-state index contributed by atoms with van der Waals surface area (Å²) in [7, 11) is 0. The molecule has 1 aliphatic heterocycles. The summed E-state index contributed by atoms with van der Waals surface area (Å²) in [5, 5.41) is 0. The predicted octanol–water partition coefficient (Wildman–Crippen LogP) is 1.11. The van der Waals surface area contributed by atoms with E-state index >= 15 is 0 Å². The Labute approximate surface area is 75.2 Å². The number of rotatable bonds is 0. The Kier molecular flexibility index (Phi) is 1.15. The molecule has 0 saturated carbocycles. The number of nitrogens with one attached hydrogen (secondary N) is 1. The Morgan fingerprint density at radius 2 is 2.31 bits per heavy atom. The van der Waals surface area contributed by atoms with Gasteiger partial charge >= 0.3 is 0 Å². The van der Waals surface area contributed by atoms with Crippen molar-refractivity contribution in [1.82, 2.24) is 4.98 Å². The number of aromatic amines is 1. The van der Waals surface area contributed by atoms with E-state index in [1.807, 2.05) is 6.20 Å². The molecule has 3 nitrogen and oxygen atoms in total. The van der Waals surface area contributed by atoms with Crippen LogP contribution in [0.15, 0.2) is 23.3 Å². The van der Waals surface area contributed by atoms with Crippen molar-refractivity contribution in [2.45, 2.75) is 6.42 Å². The van der Waals surface area contributed by atoms with E-state index in [1.54, 1.807) is 12.2 Å². The van der Waals surface area contributed by atoms with Crippen LogP contribution in [0.3, 0.4) is 0 Å². The molecule has 0 atom stereocenters. The van der Waals surface area contributed by atoms with E-state index in [0.29, 0.717) is 5.69 Å². The van der Waals surface area contributed by atoms with Crippen LogP contribution in [-0.2, 0) is 6.42 Å². The second kappa shape index (κ2) is 2.19. The van der Waals surface area contributed by atoms with Gasteiger partial charge in [0.1, 0.15) is 0 Å². The quantitative estimate of drug-likeness (QED) is 0.626. The largest absolute Gasteiger partial charge is 0.358 e. The highest BCUT2D eigenvalue weighted by Gasteiger charge is 2.24. The summed E-state index contributed by atoms with van der Waals surface area (Å²) in [4.78, 5) is 18.8. The molecule has 0 fully saturated rings. The van der Waals surface area contributed by atoms with E-state index in [9.17, 15) is 4.79 Å². The van der Waals surface area contributed by atoms with Crippen LogP contribution in [-0.4, -0.2) is 23.0 Å². The number of H-pyrrole nitrogens is 1. The average Bonchev–Trinajstić information content (AvgIpc) is 2.57. The molecule has 0 radical (unpaired) electrons. The van der Waals surface area contributed by atoms with Crippen molar-refractivity contribution in [2.24, 2.45) is 4.99 Å². The van der Waals surface area contributed by atoms with Gasteiger partial charge in [-0.25, -0.2) is 0 Å². The Balaban J connectivity index is 2.35. The predicted molar refractivity (Wildman–Crippen MR) is 49.4 cm³/mol. The fourth-order valence-corrected chi connectivity index (χ4v) is 1.90. The lowest BCUT2D eigenvalue weighted by Gasteiger charge is -2.13. The van der Waals surface area contributed by atoms with Gasteiger partial charge in [-0.05, 0) is 24.1 Å². The highest BCUT2D eigenvalue weighted by molar-refractivity contribution is 6.24. The smallest absolute Gasteiger partial charge is 0.202 e. The third kappa shape index (κ3) is 0.786. The summed E-state index contributed by atoms with van der Waals surface area (Å²) < 4.78 is 0. The Morgan fingerprint density at radius 3 is 3.23 bits per heavy atom. The van der Waals surface area contributed by atoms with Crippen molar-refractivity contribution >= 4 is 11.5 Å². The monoisotopic (exact) mass is 172 g/mol. The van der Waals surface area contributed by atoms with Crippen molar-refractivity contribution in [2.75, 3.05) is 6.54 Å². The van der Waals surface area contributed by atoms with Crippen LogP contribution in [0, 0.1) is 0 Å². The summed E-state index contributed by atoms with van der Waals surface area (Å²) in [6, 6.07) is 0. The van der Waals surface area contributed by atoms with Gasteiger partial charge in [0, 0.05) is 18.3 Å². The molecule has 0 unspecified atom stereocenters. The lowest BCUT2D eigenvalue weighted by molar-refractivity contribution is 0.104. The molecule has 1 aliphatic carbocycles. The molecule has 0 amide bonds.